The maximum atomic E-state index is 11.8. The maximum Gasteiger partial charge on any atom is 0.411 e. The third kappa shape index (κ3) is 6.05. The van der Waals surface area contributed by atoms with Crippen LogP contribution in [0.15, 0.2) is 12.1 Å². The number of rotatable bonds is 6. The van der Waals surface area contributed by atoms with Crippen molar-refractivity contribution in [2.75, 3.05) is 13.2 Å². The Morgan fingerprint density at radius 1 is 1.35 bits per heavy atom. The summed E-state index contributed by atoms with van der Waals surface area (Å²) >= 11 is 1.56. The first-order valence-electron chi connectivity index (χ1n) is 5.31. The van der Waals surface area contributed by atoms with Crippen molar-refractivity contribution >= 4 is 11.3 Å². The fourth-order valence-corrected chi connectivity index (χ4v) is 2.35. The molecule has 1 unspecified atom stereocenters. The topological polar surface area (TPSA) is 29.5 Å². The molecule has 0 saturated heterocycles. The molecule has 0 aliphatic heterocycles. The third-order valence-electron chi connectivity index (χ3n) is 2.08. The molecule has 1 N–H and O–H groups in total. The molecule has 0 spiro atoms. The van der Waals surface area contributed by atoms with E-state index in [1.165, 1.54) is 4.88 Å². The largest absolute Gasteiger partial charge is 0.411 e. The molecule has 0 aliphatic rings. The average molecular weight is 268 g/mol. The van der Waals surface area contributed by atoms with E-state index in [1.807, 2.05) is 19.1 Å². The molecule has 2 nitrogen and oxygen atoms in total. The minimum atomic E-state index is -4.34. The summed E-state index contributed by atoms with van der Waals surface area (Å²) in [6.07, 6.45) is -3.97. The zero-order valence-corrected chi connectivity index (χ0v) is 10.3. The zero-order valence-electron chi connectivity index (χ0n) is 9.46. The zero-order chi connectivity index (χ0) is 12.9. The SMILES string of the molecule is CCc1ccc(CC(O)COCC(F)(F)F)s1. The number of thiophene rings is 1. The van der Waals surface area contributed by atoms with E-state index in [0.29, 0.717) is 6.42 Å². The number of hydrogen-bond acceptors (Lipinski definition) is 3. The molecule has 6 heteroatoms. The fourth-order valence-electron chi connectivity index (χ4n) is 1.32. The van der Waals surface area contributed by atoms with Gasteiger partial charge >= 0.3 is 6.18 Å². The van der Waals surface area contributed by atoms with Crippen LogP contribution in [0.2, 0.25) is 0 Å². The van der Waals surface area contributed by atoms with Gasteiger partial charge in [-0.25, -0.2) is 0 Å². The molecule has 17 heavy (non-hydrogen) atoms. The standard InChI is InChI=1S/C11H15F3O2S/c1-2-9-3-4-10(17-9)5-8(15)6-16-7-11(12,13)14/h3-4,8,15H,2,5-7H2,1H3. The molecule has 1 heterocycles. The molecular weight excluding hydrogens is 253 g/mol. The Morgan fingerprint density at radius 3 is 2.53 bits per heavy atom. The molecule has 1 aromatic rings. The number of hydrogen-bond donors (Lipinski definition) is 1. The van der Waals surface area contributed by atoms with E-state index in [9.17, 15) is 18.3 Å². The lowest BCUT2D eigenvalue weighted by molar-refractivity contribution is -0.178. The second-order valence-corrected chi connectivity index (χ2v) is 4.96. The second kappa shape index (κ2) is 6.37. The van der Waals surface area contributed by atoms with Gasteiger partial charge < -0.3 is 9.84 Å². The summed E-state index contributed by atoms with van der Waals surface area (Å²) in [5, 5.41) is 9.50. The predicted molar refractivity (Wildman–Crippen MR) is 60.3 cm³/mol. The molecule has 0 bridgehead atoms. The number of halogens is 3. The van der Waals surface area contributed by atoms with E-state index < -0.39 is 18.9 Å². The Morgan fingerprint density at radius 2 is 2.00 bits per heavy atom. The Labute approximate surface area is 102 Å². The highest BCUT2D eigenvalue weighted by Crippen LogP contribution is 2.19. The molecular formula is C11H15F3O2S. The number of ether oxygens (including phenoxy) is 1. The van der Waals surface area contributed by atoms with Crippen molar-refractivity contribution in [1.82, 2.24) is 0 Å². The summed E-state index contributed by atoms with van der Waals surface area (Å²) in [5.74, 6) is 0. The molecule has 98 valence electrons. The van der Waals surface area contributed by atoms with E-state index in [0.717, 1.165) is 11.3 Å². The van der Waals surface area contributed by atoms with Crippen LogP contribution in [-0.2, 0) is 17.6 Å². The smallest absolute Gasteiger partial charge is 0.390 e. The van der Waals surface area contributed by atoms with Gasteiger partial charge in [0.1, 0.15) is 6.61 Å². The van der Waals surface area contributed by atoms with Gasteiger partial charge in [-0.05, 0) is 18.6 Å². The molecule has 0 saturated carbocycles. The first kappa shape index (κ1) is 14.5. The highest BCUT2D eigenvalue weighted by molar-refractivity contribution is 7.11. The number of aliphatic hydroxyl groups is 1. The summed E-state index contributed by atoms with van der Waals surface area (Å²) in [6, 6.07) is 3.85. The van der Waals surface area contributed by atoms with Gasteiger partial charge in [-0.15, -0.1) is 11.3 Å². The molecule has 1 atom stereocenters. The normalized spacial score (nSPS) is 13.9. The number of aliphatic hydroxyl groups excluding tert-OH is 1. The van der Waals surface area contributed by atoms with Crippen molar-refractivity contribution in [3.8, 4) is 0 Å². The Bertz CT molecular complexity index is 336. The lowest BCUT2D eigenvalue weighted by Gasteiger charge is -2.11. The van der Waals surface area contributed by atoms with Crippen LogP contribution in [0, 0.1) is 0 Å². The van der Waals surface area contributed by atoms with Crippen LogP contribution < -0.4 is 0 Å². The summed E-state index contributed by atoms with van der Waals surface area (Å²) in [7, 11) is 0. The second-order valence-electron chi connectivity index (χ2n) is 3.71. The number of aryl methyl sites for hydroxylation is 1. The highest BCUT2D eigenvalue weighted by Gasteiger charge is 2.27. The first-order chi connectivity index (χ1) is 7.90. The highest BCUT2D eigenvalue weighted by atomic mass is 32.1. The van der Waals surface area contributed by atoms with E-state index in [-0.39, 0.29) is 6.61 Å². The lowest BCUT2D eigenvalue weighted by Crippen LogP contribution is -2.23. The van der Waals surface area contributed by atoms with Gasteiger partial charge in [0.25, 0.3) is 0 Å². The van der Waals surface area contributed by atoms with Crippen LogP contribution in [0.3, 0.4) is 0 Å². The quantitative estimate of drug-likeness (QED) is 0.859. The molecule has 1 aromatic heterocycles. The molecule has 0 radical (unpaired) electrons. The van der Waals surface area contributed by atoms with Gasteiger partial charge in [0, 0.05) is 16.2 Å². The Hall–Kier alpha value is -0.590. The summed E-state index contributed by atoms with van der Waals surface area (Å²) in [6.45, 7) is 0.423. The van der Waals surface area contributed by atoms with E-state index in [2.05, 4.69) is 4.74 Å². The van der Waals surface area contributed by atoms with Gasteiger partial charge in [0.05, 0.1) is 12.7 Å². The molecule has 0 fully saturated rings. The van der Waals surface area contributed by atoms with E-state index in [1.54, 1.807) is 11.3 Å². The van der Waals surface area contributed by atoms with Gasteiger partial charge in [-0.1, -0.05) is 6.92 Å². The van der Waals surface area contributed by atoms with Crippen molar-refractivity contribution < 1.29 is 23.0 Å². The van der Waals surface area contributed by atoms with Gasteiger partial charge in [-0.2, -0.15) is 13.2 Å². The van der Waals surface area contributed by atoms with E-state index >= 15 is 0 Å². The van der Waals surface area contributed by atoms with Crippen LogP contribution in [0.25, 0.3) is 0 Å². The Balaban J connectivity index is 2.27. The maximum absolute atomic E-state index is 11.8. The van der Waals surface area contributed by atoms with Crippen LogP contribution in [-0.4, -0.2) is 30.6 Å². The van der Waals surface area contributed by atoms with Gasteiger partial charge in [-0.3, -0.25) is 0 Å². The molecule has 0 aromatic carbocycles. The van der Waals surface area contributed by atoms with Crippen molar-refractivity contribution in [1.29, 1.82) is 0 Å². The summed E-state index contributed by atoms with van der Waals surface area (Å²) < 4.78 is 39.7. The first-order valence-corrected chi connectivity index (χ1v) is 6.12. The lowest BCUT2D eigenvalue weighted by atomic mass is 10.2. The minimum Gasteiger partial charge on any atom is -0.390 e. The third-order valence-corrected chi connectivity index (χ3v) is 3.33. The fraction of sp³-hybridized carbons (Fsp3) is 0.636. The summed E-state index contributed by atoms with van der Waals surface area (Å²) in [4.78, 5) is 2.16. The van der Waals surface area contributed by atoms with Crippen molar-refractivity contribution in [2.45, 2.75) is 32.0 Å². The average Bonchev–Trinajstić information content (AvgIpc) is 2.63. The monoisotopic (exact) mass is 268 g/mol. The Kier molecular flexibility index (Phi) is 5.42. The number of alkyl halides is 3. The van der Waals surface area contributed by atoms with Gasteiger partial charge in [0.15, 0.2) is 0 Å². The van der Waals surface area contributed by atoms with E-state index in [4.69, 9.17) is 0 Å². The summed E-state index contributed by atoms with van der Waals surface area (Å²) in [5.41, 5.74) is 0. The predicted octanol–water partition coefficient (Wildman–Crippen LogP) is 2.79. The molecule has 0 aliphatic carbocycles. The van der Waals surface area contributed by atoms with Gasteiger partial charge in [0.2, 0.25) is 0 Å². The van der Waals surface area contributed by atoms with Crippen molar-refractivity contribution in [3.05, 3.63) is 21.9 Å². The van der Waals surface area contributed by atoms with Crippen LogP contribution in [0.4, 0.5) is 13.2 Å². The molecule has 1 rings (SSSR count). The van der Waals surface area contributed by atoms with Crippen molar-refractivity contribution in [3.63, 3.8) is 0 Å². The van der Waals surface area contributed by atoms with Crippen LogP contribution in [0.5, 0.6) is 0 Å². The molecule has 0 amide bonds. The minimum absolute atomic E-state index is 0.293. The van der Waals surface area contributed by atoms with Crippen LogP contribution >= 0.6 is 11.3 Å². The van der Waals surface area contributed by atoms with Crippen molar-refractivity contribution in [2.24, 2.45) is 0 Å². The van der Waals surface area contributed by atoms with Crippen LogP contribution in [0.1, 0.15) is 16.7 Å².